The molecule has 0 bridgehead atoms. The maximum atomic E-state index is 13.1. The molecule has 120 valence electrons. The van der Waals surface area contributed by atoms with Gasteiger partial charge in [0, 0.05) is 17.1 Å². The van der Waals surface area contributed by atoms with Crippen molar-refractivity contribution in [3.8, 4) is 5.75 Å². The Morgan fingerprint density at radius 2 is 2.08 bits per heavy atom. The molecule has 1 aliphatic heterocycles. The maximum absolute atomic E-state index is 13.1. The fourth-order valence-electron chi connectivity index (χ4n) is 2.78. The number of fused-ring (bicyclic) bond motifs is 1. The third-order valence-electron chi connectivity index (χ3n) is 3.92. The fourth-order valence-corrected chi connectivity index (χ4v) is 3.25. The van der Waals surface area contributed by atoms with Crippen LogP contribution in [0.1, 0.15) is 22.2 Å². The maximum Gasteiger partial charge on any atom is 0.262 e. The van der Waals surface area contributed by atoms with E-state index in [4.69, 9.17) is 4.74 Å². The summed E-state index contributed by atoms with van der Waals surface area (Å²) in [5.74, 6) is 0.602. The molecule has 2 heterocycles. The van der Waals surface area contributed by atoms with E-state index < -0.39 is 6.17 Å². The van der Waals surface area contributed by atoms with Crippen molar-refractivity contribution in [2.24, 2.45) is 0 Å². The van der Waals surface area contributed by atoms with Crippen LogP contribution in [0.15, 0.2) is 53.9 Å². The number of ether oxygens (including phenoxy) is 1. The van der Waals surface area contributed by atoms with E-state index >= 15 is 0 Å². The molecule has 7 heteroatoms. The zero-order valence-corrected chi connectivity index (χ0v) is 13.7. The SMILES string of the molecule is COc1cccc(N2C(=O)c3ccccc3NC2c2csnn2)c1. The van der Waals surface area contributed by atoms with Gasteiger partial charge >= 0.3 is 0 Å². The molecular weight excluding hydrogens is 324 g/mol. The van der Waals surface area contributed by atoms with E-state index in [1.165, 1.54) is 11.5 Å². The topological polar surface area (TPSA) is 67.3 Å². The highest BCUT2D eigenvalue weighted by molar-refractivity contribution is 7.03. The molecule has 1 amide bonds. The van der Waals surface area contributed by atoms with Gasteiger partial charge in [0.15, 0.2) is 6.17 Å². The van der Waals surface area contributed by atoms with E-state index in [1.807, 2.05) is 53.9 Å². The molecule has 0 spiro atoms. The van der Waals surface area contributed by atoms with E-state index in [0.717, 1.165) is 11.4 Å². The number of nitrogens with one attached hydrogen (secondary N) is 1. The van der Waals surface area contributed by atoms with Crippen LogP contribution in [0.5, 0.6) is 5.75 Å². The number of carbonyl (C=O) groups is 1. The molecule has 0 aliphatic carbocycles. The summed E-state index contributed by atoms with van der Waals surface area (Å²) in [6.07, 6.45) is -0.418. The van der Waals surface area contributed by atoms with Crippen LogP contribution in [-0.4, -0.2) is 22.6 Å². The van der Waals surface area contributed by atoms with Gasteiger partial charge in [-0.1, -0.05) is 22.7 Å². The molecule has 0 saturated heterocycles. The number of nitrogens with zero attached hydrogens (tertiary/aromatic N) is 3. The lowest BCUT2D eigenvalue weighted by Gasteiger charge is -2.36. The van der Waals surface area contributed by atoms with E-state index in [0.29, 0.717) is 17.0 Å². The summed E-state index contributed by atoms with van der Waals surface area (Å²) < 4.78 is 9.22. The average Bonchev–Trinajstić information content (AvgIpc) is 3.16. The van der Waals surface area contributed by atoms with E-state index in [9.17, 15) is 4.79 Å². The molecule has 0 fully saturated rings. The van der Waals surface area contributed by atoms with Crippen LogP contribution in [0, 0.1) is 0 Å². The summed E-state index contributed by atoms with van der Waals surface area (Å²) in [4.78, 5) is 14.8. The predicted octanol–water partition coefficient (Wildman–Crippen LogP) is 3.32. The van der Waals surface area contributed by atoms with Crippen molar-refractivity contribution in [2.45, 2.75) is 6.17 Å². The molecule has 1 aromatic heterocycles. The van der Waals surface area contributed by atoms with Gasteiger partial charge in [-0.3, -0.25) is 9.69 Å². The molecule has 0 saturated carbocycles. The largest absolute Gasteiger partial charge is 0.497 e. The number of benzene rings is 2. The summed E-state index contributed by atoms with van der Waals surface area (Å²) in [5.41, 5.74) is 2.85. The van der Waals surface area contributed by atoms with Gasteiger partial charge in [0.25, 0.3) is 5.91 Å². The van der Waals surface area contributed by atoms with E-state index in [2.05, 4.69) is 14.9 Å². The van der Waals surface area contributed by atoms with Crippen molar-refractivity contribution < 1.29 is 9.53 Å². The molecule has 24 heavy (non-hydrogen) atoms. The zero-order chi connectivity index (χ0) is 16.5. The molecule has 6 nitrogen and oxygen atoms in total. The Bertz CT molecular complexity index is 882. The smallest absolute Gasteiger partial charge is 0.262 e. The first-order chi connectivity index (χ1) is 11.8. The van der Waals surface area contributed by atoms with Crippen molar-refractivity contribution in [3.63, 3.8) is 0 Å². The lowest BCUT2D eigenvalue weighted by atomic mass is 10.1. The average molecular weight is 338 g/mol. The number of hydrogen-bond donors (Lipinski definition) is 1. The Morgan fingerprint density at radius 3 is 2.88 bits per heavy atom. The van der Waals surface area contributed by atoms with Gasteiger partial charge in [-0.05, 0) is 35.8 Å². The number of methoxy groups -OCH3 is 1. The quantitative estimate of drug-likeness (QED) is 0.793. The normalized spacial score (nSPS) is 16.5. The van der Waals surface area contributed by atoms with Gasteiger partial charge in [0.2, 0.25) is 0 Å². The Morgan fingerprint density at radius 1 is 1.21 bits per heavy atom. The van der Waals surface area contributed by atoms with Crippen LogP contribution < -0.4 is 15.0 Å². The molecule has 1 aliphatic rings. The third-order valence-corrected chi connectivity index (χ3v) is 4.44. The summed E-state index contributed by atoms with van der Waals surface area (Å²) in [7, 11) is 1.60. The highest BCUT2D eigenvalue weighted by Crippen LogP contribution is 2.37. The number of para-hydroxylation sites is 1. The summed E-state index contributed by atoms with van der Waals surface area (Å²) >= 11 is 1.26. The Labute approximate surface area is 142 Å². The highest BCUT2D eigenvalue weighted by Gasteiger charge is 2.35. The zero-order valence-electron chi connectivity index (χ0n) is 12.8. The second-order valence-electron chi connectivity index (χ2n) is 5.30. The summed E-state index contributed by atoms with van der Waals surface area (Å²) in [6, 6.07) is 14.9. The number of hydrogen-bond acceptors (Lipinski definition) is 6. The van der Waals surface area contributed by atoms with Gasteiger partial charge in [0.1, 0.15) is 11.4 Å². The Hall–Kier alpha value is -2.93. The first-order valence-electron chi connectivity index (χ1n) is 7.38. The monoisotopic (exact) mass is 338 g/mol. The lowest BCUT2D eigenvalue weighted by molar-refractivity contribution is 0.0974. The Balaban J connectivity index is 1.85. The second kappa shape index (κ2) is 5.93. The van der Waals surface area contributed by atoms with Crippen LogP contribution in [0.2, 0.25) is 0 Å². The minimum absolute atomic E-state index is 0.0874. The fraction of sp³-hybridized carbons (Fsp3) is 0.118. The highest BCUT2D eigenvalue weighted by atomic mass is 32.1. The van der Waals surface area contributed by atoms with Crippen LogP contribution in [0.4, 0.5) is 11.4 Å². The van der Waals surface area contributed by atoms with Crippen LogP contribution in [-0.2, 0) is 0 Å². The third kappa shape index (κ3) is 2.39. The number of amides is 1. The van der Waals surface area contributed by atoms with Gasteiger partial charge in [0.05, 0.1) is 18.4 Å². The van der Waals surface area contributed by atoms with E-state index in [-0.39, 0.29) is 5.91 Å². The predicted molar refractivity (Wildman–Crippen MR) is 92.5 cm³/mol. The van der Waals surface area contributed by atoms with Crippen molar-refractivity contribution >= 4 is 28.8 Å². The molecule has 4 rings (SSSR count). The van der Waals surface area contributed by atoms with Gasteiger partial charge in [-0.15, -0.1) is 5.10 Å². The minimum Gasteiger partial charge on any atom is -0.497 e. The van der Waals surface area contributed by atoms with Crippen molar-refractivity contribution in [1.29, 1.82) is 0 Å². The van der Waals surface area contributed by atoms with Crippen molar-refractivity contribution in [2.75, 3.05) is 17.3 Å². The molecule has 2 aromatic carbocycles. The van der Waals surface area contributed by atoms with Crippen molar-refractivity contribution in [3.05, 3.63) is 65.2 Å². The lowest BCUT2D eigenvalue weighted by Crippen LogP contribution is -2.43. The first kappa shape index (κ1) is 14.6. The van der Waals surface area contributed by atoms with E-state index in [1.54, 1.807) is 12.0 Å². The minimum atomic E-state index is -0.418. The van der Waals surface area contributed by atoms with Crippen LogP contribution in [0.3, 0.4) is 0 Å². The summed E-state index contributed by atoms with van der Waals surface area (Å²) in [6.45, 7) is 0. The Kier molecular flexibility index (Phi) is 3.62. The van der Waals surface area contributed by atoms with Gasteiger partial charge < -0.3 is 10.1 Å². The standard InChI is InChI=1S/C17H14N4O2S/c1-23-12-6-4-5-11(9-12)21-16(15-10-24-20-19-15)18-14-8-3-2-7-13(14)17(21)22/h2-10,16,18H,1H3. The van der Waals surface area contributed by atoms with Gasteiger partial charge in [-0.2, -0.15) is 0 Å². The van der Waals surface area contributed by atoms with Gasteiger partial charge in [-0.25, -0.2) is 0 Å². The number of anilines is 2. The first-order valence-corrected chi connectivity index (χ1v) is 8.22. The molecule has 1 atom stereocenters. The molecule has 0 radical (unpaired) electrons. The van der Waals surface area contributed by atoms with Crippen LogP contribution in [0.25, 0.3) is 0 Å². The number of rotatable bonds is 3. The molecule has 3 aromatic rings. The van der Waals surface area contributed by atoms with Crippen LogP contribution >= 0.6 is 11.5 Å². The second-order valence-corrected chi connectivity index (χ2v) is 5.91. The summed E-state index contributed by atoms with van der Waals surface area (Å²) in [5, 5.41) is 9.37. The number of carbonyl (C=O) groups excluding carboxylic acids is 1. The molecule has 1 N–H and O–H groups in total. The molecule has 1 unspecified atom stereocenters. The molecular formula is C17H14N4O2S. The van der Waals surface area contributed by atoms with Crippen molar-refractivity contribution in [1.82, 2.24) is 9.59 Å². The number of aromatic nitrogens is 2.